The second kappa shape index (κ2) is 5.10. The van der Waals surface area contributed by atoms with Crippen LogP contribution in [0.25, 0.3) is 0 Å². The Labute approximate surface area is 112 Å². The molecule has 3 nitrogen and oxygen atoms in total. The lowest BCUT2D eigenvalue weighted by Crippen LogP contribution is -2.60. The van der Waals surface area contributed by atoms with Gasteiger partial charge in [-0.15, -0.1) is 0 Å². The first-order chi connectivity index (χ1) is 8.79. The van der Waals surface area contributed by atoms with Gasteiger partial charge in [-0.2, -0.15) is 0 Å². The van der Waals surface area contributed by atoms with Crippen LogP contribution in [-0.4, -0.2) is 53.6 Å². The van der Waals surface area contributed by atoms with Crippen LogP contribution >= 0.6 is 0 Å². The molecule has 2 atom stereocenters. The van der Waals surface area contributed by atoms with Gasteiger partial charge in [0.2, 0.25) is 0 Å². The Bertz CT molecular complexity index is 289. The van der Waals surface area contributed by atoms with Gasteiger partial charge in [0.1, 0.15) is 0 Å². The van der Waals surface area contributed by atoms with E-state index in [0.717, 1.165) is 18.6 Å². The number of likely N-dealkylation sites (tertiary alicyclic amines) is 2. The highest BCUT2D eigenvalue weighted by atomic mass is 15.3. The minimum atomic E-state index is 0.309. The zero-order valence-electron chi connectivity index (χ0n) is 11.9. The number of hydrogen-bond acceptors (Lipinski definition) is 3. The van der Waals surface area contributed by atoms with Crippen LogP contribution in [0, 0.1) is 0 Å². The fourth-order valence-electron chi connectivity index (χ4n) is 4.21. The molecule has 104 valence electrons. The van der Waals surface area contributed by atoms with Crippen LogP contribution in [0.15, 0.2) is 0 Å². The third kappa shape index (κ3) is 2.21. The number of nitrogens with zero attached hydrogens (tertiary/aromatic N) is 2. The lowest BCUT2D eigenvalue weighted by molar-refractivity contribution is 0.0249. The van der Waals surface area contributed by atoms with Gasteiger partial charge in [0, 0.05) is 37.3 Å². The van der Waals surface area contributed by atoms with Crippen LogP contribution in [0.2, 0.25) is 0 Å². The van der Waals surface area contributed by atoms with Crippen LogP contribution < -0.4 is 5.73 Å². The smallest absolute Gasteiger partial charge is 0.0473 e. The van der Waals surface area contributed by atoms with Crippen LogP contribution in [0.5, 0.6) is 0 Å². The molecule has 1 saturated carbocycles. The average Bonchev–Trinajstić information content (AvgIpc) is 3.19. The summed E-state index contributed by atoms with van der Waals surface area (Å²) >= 11 is 0. The molecule has 3 aliphatic rings. The Morgan fingerprint density at radius 3 is 2.67 bits per heavy atom. The van der Waals surface area contributed by atoms with Gasteiger partial charge in [0.05, 0.1) is 0 Å². The van der Waals surface area contributed by atoms with E-state index in [0.29, 0.717) is 5.54 Å². The highest BCUT2D eigenvalue weighted by Crippen LogP contribution is 2.38. The van der Waals surface area contributed by atoms with Gasteiger partial charge in [-0.05, 0) is 45.1 Å². The molecule has 0 radical (unpaired) electrons. The number of hydrogen-bond donors (Lipinski definition) is 1. The number of rotatable bonds is 4. The Hall–Kier alpha value is -0.120. The van der Waals surface area contributed by atoms with E-state index in [1.165, 1.54) is 64.6 Å². The third-order valence-electron chi connectivity index (χ3n) is 5.51. The predicted octanol–water partition coefficient (Wildman–Crippen LogP) is 1.82. The fraction of sp³-hybridized carbons (Fsp3) is 1.00. The zero-order valence-corrected chi connectivity index (χ0v) is 11.9. The van der Waals surface area contributed by atoms with Crippen molar-refractivity contribution in [2.45, 2.75) is 69.5 Å². The molecule has 3 fully saturated rings. The van der Waals surface area contributed by atoms with Crippen molar-refractivity contribution in [2.75, 3.05) is 26.2 Å². The van der Waals surface area contributed by atoms with Crippen LogP contribution in [0.4, 0.5) is 0 Å². The van der Waals surface area contributed by atoms with Crippen molar-refractivity contribution >= 4 is 0 Å². The Balaban J connectivity index is 1.73. The van der Waals surface area contributed by atoms with Gasteiger partial charge in [0.15, 0.2) is 0 Å². The quantitative estimate of drug-likeness (QED) is 0.827. The molecule has 2 saturated heterocycles. The van der Waals surface area contributed by atoms with Crippen molar-refractivity contribution in [2.24, 2.45) is 5.73 Å². The van der Waals surface area contributed by atoms with Crippen molar-refractivity contribution in [3.8, 4) is 0 Å². The molecule has 2 aliphatic heterocycles. The van der Waals surface area contributed by atoms with Crippen molar-refractivity contribution in [1.29, 1.82) is 0 Å². The van der Waals surface area contributed by atoms with Gasteiger partial charge in [0.25, 0.3) is 0 Å². The lowest BCUT2D eigenvalue weighted by atomic mass is 9.88. The van der Waals surface area contributed by atoms with Crippen molar-refractivity contribution in [3.63, 3.8) is 0 Å². The van der Waals surface area contributed by atoms with Crippen molar-refractivity contribution in [3.05, 3.63) is 0 Å². The summed E-state index contributed by atoms with van der Waals surface area (Å²) < 4.78 is 0. The maximum atomic E-state index is 6.23. The van der Waals surface area contributed by atoms with E-state index < -0.39 is 0 Å². The summed E-state index contributed by atoms with van der Waals surface area (Å²) in [4.78, 5) is 5.52. The lowest BCUT2D eigenvalue weighted by Gasteiger charge is -2.47. The van der Waals surface area contributed by atoms with Gasteiger partial charge < -0.3 is 5.73 Å². The van der Waals surface area contributed by atoms with Gasteiger partial charge in [-0.25, -0.2) is 0 Å². The predicted molar refractivity (Wildman–Crippen MR) is 75.6 cm³/mol. The van der Waals surface area contributed by atoms with E-state index in [9.17, 15) is 0 Å². The summed E-state index contributed by atoms with van der Waals surface area (Å²) in [6.07, 6.45) is 9.64. The molecule has 0 bridgehead atoms. The molecule has 2 N–H and O–H groups in total. The summed E-state index contributed by atoms with van der Waals surface area (Å²) in [7, 11) is 0. The molecule has 0 aromatic rings. The molecule has 0 amide bonds. The summed E-state index contributed by atoms with van der Waals surface area (Å²) in [6, 6.07) is 1.70. The summed E-state index contributed by atoms with van der Waals surface area (Å²) in [5, 5.41) is 0. The fourth-order valence-corrected chi connectivity index (χ4v) is 4.21. The summed E-state index contributed by atoms with van der Waals surface area (Å²) in [5.41, 5.74) is 6.54. The number of nitrogens with two attached hydrogens (primary N) is 1. The molecule has 0 aromatic heterocycles. The maximum Gasteiger partial charge on any atom is 0.0473 e. The largest absolute Gasteiger partial charge is 0.329 e. The Morgan fingerprint density at radius 2 is 2.00 bits per heavy atom. The van der Waals surface area contributed by atoms with Crippen molar-refractivity contribution in [1.82, 2.24) is 9.80 Å². The standard InChI is InChI=1S/C15H29N3/c1-2-13-5-3-4-9-18(13)15(11-16)8-10-17(12-15)14-6-7-14/h13-14H,2-12,16H2,1H3. The van der Waals surface area contributed by atoms with Gasteiger partial charge >= 0.3 is 0 Å². The van der Waals surface area contributed by atoms with E-state index in [1.807, 2.05) is 0 Å². The molecule has 2 unspecified atom stereocenters. The SMILES string of the molecule is CCC1CCCCN1C1(CN)CCN(C2CC2)C1. The van der Waals surface area contributed by atoms with Crippen LogP contribution in [-0.2, 0) is 0 Å². The van der Waals surface area contributed by atoms with Crippen LogP contribution in [0.3, 0.4) is 0 Å². The first kappa shape index (κ1) is 12.9. The molecule has 18 heavy (non-hydrogen) atoms. The average molecular weight is 251 g/mol. The van der Waals surface area contributed by atoms with Crippen LogP contribution in [0.1, 0.15) is 51.9 Å². The Kier molecular flexibility index (Phi) is 3.65. The van der Waals surface area contributed by atoms with Gasteiger partial charge in [-0.3, -0.25) is 9.80 Å². The minimum Gasteiger partial charge on any atom is -0.329 e. The molecule has 3 rings (SSSR count). The topological polar surface area (TPSA) is 32.5 Å². The molecule has 3 heteroatoms. The second-order valence-electron chi connectivity index (χ2n) is 6.63. The second-order valence-corrected chi connectivity index (χ2v) is 6.63. The van der Waals surface area contributed by atoms with E-state index in [1.54, 1.807) is 0 Å². The third-order valence-corrected chi connectivity index (χ3v) is 5.51. The zero-order chi connectivity index (χ0) is 12.6. The normalized spacial score (nSPS) is 39.3. The Morgan fingerprint density at radius 1 is 1.17 bits per heavy atom. The van der Waals surface area contributed by atoms with E-state index in [-0.39, 0.29) is 0 Å². The van der Waals surface area contributed by atoms with Crippen molar-refractivity contribution < 1.29 is 0 Å². The molecular weight excluding hydrogens is 222 g/mol. The maximum absolute atomic E-state index is 6.23. The molecule has 1 aliphatic carbocycles. The highest BCUT2D eigenvalue weighted by Gasteiger charge is 2.47. The minimum absolute atomic E-state index is 0.309. The molecule has 0 spiro atoms. The highest BCUT2D eigenvalue weighted by molar-refractivity contribution is 5.05. The van der Waals surface area contributed by atoms with E-state index >= 15 is 0 Å². The molecule has 2 heterocycles. The molecule has 0 aromatic carbocycles. The monoisotopic (exact) mass is 251 g/mol. The van der Waals surface area contributed by atoms with E-state index in [2.05, 4.69) is 16.7 Å². The summed E-state index contributed by atoms with van der Waals surface area (Å²) in [5.74, 6) is 0. The molecular formula is C15H29N3. The first-order valence-corrected chi connectivity index (χ1v) is 8.00. The summed E-state index contributed by atoms with van der Waals surface area (Å²) in [6.45, 7) is 7.02. The van der Waals surface area contributed by atoms with E-state index in [4.69, 9.17) is 5.73 Å². The first-order valence-electron chi connectivity index (χ1n) is 8.00. The van der Waals surface area contributed by atoms with Gasteiger partial charge in [-0.1, -0.05) is 13.3 Å². The number of piperidine rings is 1.